The summed E-state index contributed by atoms with van der Waals surface area (Å²) in [6.45, 7) is 0. The largest absolute Gasteiger partial charge is 0.420 e. The molecule has 1 heterocycles. The quantitative estimate of drug-likeness (QED) is 0.454. The zero-order valence-electron chi connectivity index (χ0n) is 7.08. The van der Waals surface area contributed by atoms with Crippen LogP contribution in [0.3, 0.4) is 0 Å². The fourth-order valence-corrected chi connectivity index (χ4v) is 1.16. The first-order valence-corrected chi connectivity index (χ1v) is 4.17. The van der Waals surface area contributed by atoms with Crippen LogP contribution >= 0.6 is 11.6 Å². The lowest BCUT2D eigenvalue weighted by molar-refractivity contribution is -0.389. The van der Waals surface area contributed by atoms with Crippen LogP contribution in [0.2, 0.25) is 0 Å². The van der Waals surface area contributed by atoms with E-state index in [-0.39, 0.29) is 0 Å². The fourth-order valence-electron chi connectivity index (χ4n) is 0.951. The van der Waals surface area contributed by atoms with E-state index in [1.807, 2.05) is 0 Å². The van der Waals surface area contributed by atoms with Gasteiger partial charge in [0, 0.05) is 6.07 Å². The second-order valence-corrected chi connectivity index (χ2v) is 2.82. The van der Waals surface area contributed by atoms with Crippen molar-refractivity contribution in [3.05, 3.63) is 33.5 Å². The minimum atomic E-state index is -4.60. The molecule has 0 saturated heterocycles. The van der Waals surface area contributed by atoms with Crippen LogP contribution in [-0.4, -0.2) is 9.91 Å². The first kappa shape index (κ1) is 11.7. The molecule has 0 aliphatic heterocycles. The molecule has 0 aromatic carbocycles. The van der Waals surface area contributed by atoms with Gasteiger partial charge in [0.05, 0.1) is 5.88 Å². The Morgan fingerprint density at radius 1 is 1.47 bits per heavy atom. The molecule has 1 aromatic rings. The molecule has 0 radical (unpaired) electrons. The van der Waals surface area contributed by atoms with Gasteiger partial charge in [-0.3, -0.25) is 0 Å². The summed E-state index contributed by atoms with van der Waals surface area (Å²) in [5, 5.41) is 10.2. The Hall–Kier alpha value is -1.37. The van der Waals surface area contributed by atoms with Gasteiger partial charge in [0.25, 0.3) is 0 Å². The highest BCUT2D eigenvalue weighted by molar-refractivity contribution is 6.17. The zero-order valence-corrected chi connectivity index (χ0v) is 7.84. The lowest BCUT2D eigenvalue weighted by atomic mass is 10.2. The fraction of sp³-hybridized carbons (Fsp3) is 0.286. The number of nitro groups is 1. The molecule has 1 rings (SSSR count). The van der Waals surface area contributed by atoms with Gasteiger partial charge < -0.3 is 10.1 Å². The van der Waals surface area contributed by atoms with E-state index in [2.05, 4.69) is 4.98 Å². The highest BCUT2D eigenvalue weighted by Gasteiger charge is 2.36. The van der Waals surface area contributed by atoms with Gasteiger partial charge in [-0.2, -0.15) is 13.2 Å². The molecule has 15 heavy (non-hydrogen) atoms. The SMILES string of the molecule is O=[N+]([O-])c1ccc(C(F)(F)F)c(CCl)n1. The number of nitrogens with zero attached hydrogens (tertiary/aromatic N) is 2. The number of hydrogen-bond acceptors (Lipinski definition) is 3. The first-order chi connectivity index (χ1) is 6.86. The maximum atomic E-state index is 12.3. The molecule has 0 N–H and O–H groups in total. The number of hydrogen-bond donors (Lipinski definition) is 0. The lowest BCUT2D eigenvalue weighted by Gasteiger charge is -2.06. The van der Waals surface area contributed by atoms with Crippen LogP contribution in [0.15, 0.2) is 12.1 Å². The molecule has 8 heteroatoms. The summed E-state index contributed by atoms with van der Waals surface area (Å²) in [4.78, 5) is 12.6. The molecule has 1 aromatic heterocycles. The van der Waals surface area contributed by atoms with Crippen molar-refractivity contribution in [3.8, 4) is 0 Å². The minimum absolute atomic E-state index is 0.531. The first-order valence-electron chi connectivity index (χ1n) is 3.63. The molecule has 0 aliphatic carbocycles. The van der Waals surface area contributed by atoms with E-state index in [0.29, 0.717) is 12.1 Å². The van der Waals surface area contributed by atoms with E-state index in [0.717, 1.165) is 0 Å². The van der Waals surface area contributed by atoms with Gasteiger partial charge in [-0.05, 0) is 16.0 Å². The van der Waals surface area contributed by atoms with Crippen molar-refractivity contribution in [2.45, 2.75) is 12.1 Å². The Morgan fingerprint density at radius 3 is 2.47 bits per heavy atom. The van der Waals surface area contributed by atoms with Gasteiger partial charge in [-0.15, -0.1) is 11.6 Å². The standard InChI is InChI=1S/C7H4ClF3N2O2/c8-3-5-4(7(9,10)11)1-2-6(12-5)13(14)15/h1-2H,3H2. The summed E-state index contributed by atoms with van der Waals surface area (Å²) < 4.78 is 36.9. The summed E-state index contributed by atoms with van der Waals surface area (Å²) >= 11 is 5.23. The van der Waals surface area contributed by atoms with E-state index in [4.69, 9.17) is 11.6 Å². The molecule has 0 bridgehead atoms. The molecular weight excluding hydrogens is 237 g/mol. The molecule has 82 valence electrons. The zero-order chi connectivity index (χ0) is 11.6. The van der Waals surface area contributed by atoms with Crippen molar-refractivity contribution in [3.63, 3.8) is 0 Å². The Balaban J connectivity index is 3.27. The van der Waals surface area contributed by atoms with Crippen LogP contribution in [0.4, 0.5) is 19.0 Å². The highest BCUT2D eigenvalue weighted by atomic mass is 35.5. The third kappa shape index (κ3) is 2.56. The Bertz CT molecular complexity index is 394. The van der Waals surface area contributed by atoms with E-state index in [9.17, 15) is 23.3 Å². The molecule has 0 amide bonds. The van der Waals surface area contributed by atoms with E-state index < -0.39 is 34.1 Å². The molecule has 4 nitrogen and oxygen atoms in total. The van der Waals surface area contributed by atoms with Crippen molar-refractivity contribution in [1.29, 1.82) is 0 Å². The maximum absolute atomic E-state index is 12.3. The van der Waals surface area contributed by atoms with Gasteiger partial charge in [0.15, 0.2) is 5.69 Å². The Labute approximate surface area is 86.8 Å². The Morgan fingerprint density at radius 2 is 2.07 bits per heavy atom. The van der Waals surface area contributed by atoms with Gasteiger partial charge >= 0.3 is 12.0 Å². The van der Waals surface area contributed by atoms with Crippen LogP contribution in [0.25, 0.3) is 0 Å². The van der Waals surface area contributed by atoms with Crippen LogP contribution in [0.1, 0.15) is 11.3 Å². The second kappa shape index (κ2) is 4.01. The average Bonchev–Trinajstić information content (AvgIpc) is 2.15. The number of rotatable bonds is 2. The summed E-state index contributed by atoms with van der Waals surface area (Å²) in [6, 6.07) is 1.29. The number of alkyl halides is 4. The van der Waals surface area contributed by atoms with Gasteiger partial charge in [-0.1, -0.05) is 0 Å². The smallest absolute Gasteiger partial charge is 0.358 e. The topological polar surface area (TPSA) is 56.0 Å². The summed E-state index contributed by atoms with van der Waals surface area (Å²) in [5.74, 6) is -1.19. The molecule has 0 atom stereocenters. The van der Waals surface area contributed by atoms with Crippen molar-refractivity contribution in [1.82, 2.24) is 4.98 Å². The van der Waals surface area contributed by atoms with Crippen molar-refractivity contribution in [2.75, 3.05) is 0 Å². The minimum Gasteiger partial charge on any atom is -0.358 e. The van der Waals surface area contributed by atoms with Crippen molar-refractivity contribution >= 4 is 17.4 Å². The summed E-state index contributed by atoms with van der Waals surface area (Å²) in [6.07, 6.45) is -4.60. The van der Waals surface area contributed by atoms with E-state index >= 15 is 0 Å². The predicted octanol–water partition coefficient (Wildman–Crippen LogP) is 2.75. The summed E-state index contributed by atoms with van der Waals surface area (Å²) in [5.41, 5.74) is -1.60. The van der Waals surface area contributed by atoms with E-state index in [1.54, 1.807) is 0 Å². The van der Waals surface area contributed by atoms with Crippen LogP contribution in [-0.2, 0) is 12.1 Å². The second-order valence-electron chi connectivity index (χ2n) is 2.55. The number of aromatic nitrogens is 1. The van der Waals surface area contributed by atoms with Gasteiger partial charge in [-0.25, -0.2) is 0 Å². The van der Waals surface area contributed by atoms with Gasteiger partial charge in [0.2, 0.25) is 0 Å². The third-order valence-electron chi connectivity index (χ3n) is 1.58. The van der Waals surface area contributed by atoms with Crippen molar-refractivity contribution in [2.24, 2.45) is 0 Å². The molecule has 0 saturated carbocycles. The van der Waals surface area contributed by atoms with Gasteiger partial charge in [0.1, 0.15) is 5.56 Å². The average molecular weight is 241 g/mol. The van der Waals surface area contributed by atoms with Crippen LogP contribution < -0.4 is 0 Å². The lowest BCUT2D eigenvalue weighted by Crippen LogP contribution is -2.10. The third-order valence-corrected chi connectivity index (χ3v) is 1.83. The molecule has 0 fully saturated rings. The number of pyridine rings is 1. The summed E-state index contributed by atoms with van der Waals surface area (Å²) in [7, 11) is 0. The molecule has 0 unspecified atom stereocenters. The van der Waals surface area contributed by atoms with E-state index in [1.165, 1.54) is 0 Å². The normalized spacial score (nSPS) is 11.5. The predicted molar refractivity (Wildman–Crippen MR) is 45.5 cm³/mol. The monoisotopic (exact) mass is 240 g/mol. The molecule has 0 aliphatic rings. The molecular formula is C7H4ClF3N2O2. The van der Waals surface area contributed by atoms with Crippen LogP contribution in [0, 0.1) is 10.1 Å². The Kier molecular flexibility index (Phi) is 3.13. The van der Waals surface area contributed by atoms with Crippen molar-refractivity contribution < 1.29 is 18.1 Å². The molecule has 0 spiro atoms. The highest BCUT2D eigenvalue weighted by Crippen LogP contribution is 2.32. The van der Waals surface area contributed by atoms with Crippen LogP contribution in [0.5, 0.6) is 0 Å². The number of halogens is 4. The maximum Gasteiger partial charge on any atom is 0.420 e.